The molecule has 1 unspecified atom stereocenters. The molecule has 2 heteroatoms. The molecule has 1 atom stereocenters. The zero-order valence-electron chi connectivity index (χ0n) is 9.52. The van der Waals surface area contributed by atoms with E-state index in [2.05, 4.69) is 22.9 Å². The van der Waals surface area contributed by atoms with E-state index in [1.807, 2.05) is 0 Å². The molecule has 0 N–H and O–H groups in total. The molecule has 1 rings (SSSR count). The Morgan fingerprint density at radius 3 is 2.43 bits per heavy atom. The third-order valence-electron chi connectivity index (χ3n) is 3.92. The van der Waals surface area contributed by atoms with Gasteiger partial charge in [-0.2, -0.15) is 0 Å². The molecule has 1 aliphatic rings. The monoisotopic (exact) mass is 262 g/mol. The van der Waals surface area contributed by atoms with Crippen molar-refractivity contribution in [2.24, 2.45) is 11.3 Å². The first-order chi connectivity index (χ1) is 6.75. The molecule has 1 aliphatic carbocycles. The van der Waals surface area contributed by atoms with Gasteiger partial charge in [-0.1, -0.05) is 42.1 Å². The van der Waals surface area contributed by atoms with Crippen LogP contribution < -0.4 is 0 Å². The van der Waals surface area contributed by atoms with Crippen molar-refractivity contribution in [2.45, 2.75) is 45.4 Å². The van der Waals surface area contributed by atoms with Crippen molar-refractivity contribution in [1.29, 1.82) is 0 Å². The highest BCUT2D eigenvalue weighted by Crippen LogP contribution is 2.45. The maximum atomic E-state index is 5.18. The number of hydrogen-bond acceptors (Lipinski definition) is 1. The van der Waals surface area contributed by atoms with Crippen molar-refractivity contribution < 1.29 is 4.74 Å². The lowest BCUT2D eigenvalue weighted by molar-refractivity contribution is 0.0967. The molecular weight excluding hydrogens is 240 g/mol. The summed E-state index contributed by atoms with van der Waals surface area (Å²) in [4.78, 5) is 0. The van der Waals surface area contributed by atoms with Crippen LogP contribution in [0.1, 0.15) is 45.4 Å². The number of methoxy groups -OCH3 is 1. The topological polar surface area (TPSA) is 9.23 Å². The number of halogens is 1. The molecule has 1 fully saturated rings. The largest absolute Gasteiger partial charge is 0.385 e. The van der Waals surface area contributed by atoms with Gasteiger partial charge in [-0.3, -0.25) is 0 Å². The van der Waals surface area contributed by atoms with Crippen LogP contribution in [-0.4, -0.2) is 19.0 Å². The summed E-state index contributed by atoms with van der Waals surface area (Å²) >= 11 is 3.72. The second-order valence-electron chi connectivity index (χ2n) is 4.74. The van der Waals surface area contributed by atoms with Crippen LogP contribution in [0.5, 0.6) is 0 Å². The van der Waals surface area contributed by atoms with Crippen molar-refractivity contribution in [3.8, 4) is 0 Å². The smallest absolute Gasteiger partial charge is 0.0465 e. The molecule has 0 radical (unpaired) electrons. The molecule has 0 amide bonds. The SMILES string of the molecule is COCCC(C)C1(CBr)CCCCC1. The molecule has 14 heavy (non-hydrogen) atoms. The van der Waals surface area contributed by atoms with E-state index in [0.717, 1.165) is 12.5 Å². The molecule has 0 aromatic carbocycles. The average Bonchev–Trinajstić information content (AvgIpc) is 2.26. The lowest BCUT2D eigenvalue weighted by Crippen LogP contribution is -2.33. The summed E-state index contributed by atoms with van der Waals surface area (Å²) in [5.74, 6) is 0.794. The van der Waals surface area contributed by atoms with E-state index < -0.39 is 0 Å². The Bertz CT molecular complexity index is 152. The number of alkyl halides is 1. The summed E-state index contributed by atoms with van der Waals surface area (Å²) in [6.45, 7) is 3.31. The van der Waals surface area contributed by atoms with Gasteiger partial charge in [-0.05, 0) is 30.6 Å². The molecule has 1 saturated carbocycles. The van der Waals surface area contributed by atoms with Gasteiger partial charge < -0.3 is 4.74 Å². The molecule has 0 aliphatic heterocycles. The van der Waals surface area contributed by atoms with Gasteiger partial charge in [0.05, 0.1) is 0 Å². The van der Waals surface area contributed by atoms with Crippen LogP contribution in [0.3, 0.4) is 0 Å². The van der Waals surface area contributed by atoms with Gasteiger partial charge in [0.1, 0.15) is 0 Å². The van der Waals surface area contributed by atoms with E-state index in [-0.39, 0.29) is 0 Å². The molecule has 0 bridgehead atoms. The molecule has 0 aromatic rings. The van der Waals surface area contributed by atoms with Gasteiger partial charge in [-0.15, -0.1) is 0 Å². The van der Waals surface area contributed by atoms with Gasteiger partial charge in [0, 0.05) is 19.0 Å². The van der Waals surface area contributed by atoms with Crippen molar-refractivity contribution in [1.82, 2.24) is 0 Å². The normalized spacial score (nSPS) is 23.4. The summed E-state index contributed by atoms with van der Waals surface area (Å²) in [5.41, 5.74) is 0.566. The fourth-order valence-electron chi connectivity index (χ4n) is 2.61. The first kappa shape index (κ1) is 12.5. The fraction of sp³-hybridized carbons (Fsp3) is 1.00. The van der Waals surface area contributed by atoms with Gasteiger partial charge in [0.25, 0.3) is 0 Å². The van der Waals surface area contributed by atoms with Crippen LogP contribution in [0.25, 0.3) is 0 Å². The van der Waals surface area contributed by atoms with E-state index >= 15 is 0 Å². The lowest BCUT2D eigenvalue weighted by Gasteiger charge is -2.41. The summed E-state index contributed by atoms with van der Waals surface area (Å²) in [7, 11) is 1.80. The van der Waals surface area contributed by atoms with Crippen LogP contribution in [0, 0.1) is 11.3 Å². The number of ether oxygens (including phenoxy) is 1. The molecule has 0 aromatic heterocycles. The van der Waals surface area contributed by atoms with Gasteiger partial charge in [-0.25, -0.2) is 0 Å². The van der Waals surface area contributed by atoms with Crippen molar-refractivity contribution in [3.63, 3.8) is 0 Å². The Morgan fingerprint density at radius 2 is 1.93 bits per heavy atom. The first-order valence-corrected chi connectivity index (χ1v) is 6.92. The van der Waals surface area contributed by atoms with Crippen molar-refractivity contribution >= 4 is 15.9 Å². The van der Waals surface area contributed by atoms with Crippen molar-refractivity contribution in [2.75, 3.05) is 19.0 Å². The lowest BCUT2D eigenvalue weighted by atomic mass is 9.67. The molecule has 1 nitrogen and oxygen atoms in total. The summed E-state index contributed by atoms with van der Waals surface area (Å²) in [6, 6.07) is 0. The minimum absolute atomic E-state index is 0.566. The number of rotatable bonds is 5. The quantitative estimate of drug-likeness (QED) is 0.681. The fourth-order valence-corrected chi connectivity index (χ4v) is 3.73. The standard InChI is InChI=1S/C12H23BrO/c1-11(6-9-14-2)12(10-13)7-4-3-5-8-12/h11H,3-10H2,1-2H3. The second kappa shape index (κ2) is 6.12. The molecular formula is C12H23BrO. The molecule has 84 valence electrons. The number of hydrogen-bond donors (Lipinski definition) is 0. The predicted molar refractivity (Wildman–Crippen MR) is 65.0 cm³/mol. The zero-order valence-corrected chi connectivity index (χ0v) is 11.1. The second-order valence-corrected chi connectivity index (χ2v) is 5.30. The highest BCUT2D eigenvalue weighted by molar-refractivity contribution is 9.09. The summed E-state index contributed by atoms with van der Waals surface area (Å²) in [5, 5.41) is 1.17. The summed E-state index contributed by atoms with van der Waals surface area (Å²) in [6.07, 6.45) is 8.30. The van der Waals surface area contributed by atoms with Crippen LogP contribution in [0.4, 0.5) is 0 Å². The maximum Gasteiger partial charge on any atom is 0.0465 e. The van der Waals surface area contributed by atoms with Crippen LogP contribution >= 0.6 is 15.9 Å². The van der Waals surface area contributed by atoms with Crippen molar-refractivity contribution in [3.05, 3.63) is 0 Å². The summed E-state index contributed by atoms with van der Waals surface area (Å²) < 4.78 is 5.18. The Hall–Kier alpha value is 0.440. The highest BCUT2D eigenvalue weighted by Gasteiger charge is 2.35. The van der Waals surface area contributed by atoms with Crippen LogP contribution in [0.15, 0.2) is 0 Å². The van der Waals surface area contributed by atoms with Gasteiger partial charge in [0.2, 0.25) is 0 Å². The molecule has 0 heterocycles. The van der Waals surface area contributed by atoms with E-state index in [4.69, 9.17) is 4.74 Å². The Morgan fingerprint density at radius 1 is 1.29 bits per heavy atom. The molecule has 0 spiro atoms. The Kier molecular flexibility index (Phi) is 5.47. The van der Waals surface area contributed by atoms with Gasteiger partial charge in [0.15, 0.2) is 0 Å². The minimum Gasteiger partial charge on any atom is -0.385 e. The van der Waals surface area contributed by atoms with E-state index in [1.54, 1.807) is 7.11 Å². The third kappa shape index (κ3) is 2.96. The maximum absolute atomic E-state index is 5.18. The Labute approximate surface area is 96.7 Å². The minimum atomic E-state index is 0.566. The predicted octanol–water partition coefficient (Wildman–Crippen LogP) is 4.00. The highest BCUT2D eigenvalue weighted by atomic mass is 79.9. The molecule has 0 saturated heterocycles. The van der Waals surface area contributed by atoms with E-state index in [9.17, 15) is 0 Å². The average molecular weight is 263 g/mol. The third-order valence-corrected chi connectivity index (χ3v) is 5.03. The van der Waals surface area contributed by atoms with Gasteiger partial charge >= 0.3 is 0 Å². The van der Waals surface area contributed by atoms with E-state index in [1.165, 1.54) is 43.9 Å². The zero-order chi connectivity index (χ0) is 10.4. The first-order valence-electron chi connectivity index (χ1n) is 5.80. The van der Waals surface area contributed by atoms with Crippen LogP contribution in [-0.2, 0) is 4.74 Å². The van der Waals surface area contributed by atoms with Crippen LogP contribution in [0.2, 0.25) is 0 Å². The van der Waals surface area contributed by atoms with E-state index in [0.29, 0.717) is 5.41 Å². The Balaban J connectivity index is 2.48.